The molecule has 168 valence electrons. The molecule has 1 aromatic heterocycles. The second-order valence-corrected chi connectivity index (χ2v) is 7.73. The molecule has 4 rings (SSSR count). The maximum atomic E-state index is 13.7. The highest BCUT2D eigenvalue weighted by molar-refractivity contribution is 6.07. The Balaban J connectivity index is 1.78. The van der Waals surface area contributed by atoms with Gasteiger partial charge in [-0.15, -0.1) is 0 Å². The van der Waals surface area contributed by atoms with Crippen LogP contribution in [0, 0.1) is 6.92 Å². The number of rotatable bonds is 7. The lowest BCUT2D eigenvalue weighted by molar-refractivity contribution is 0.0982. The van der Waals surface area contributed by atoms with Gasteiger partial charge < -0.3 is 19.4 Å². The van der Waals surface area contributed by atoms with Gasteiger partial charge in [-0.1, -0.05) is 24.3 Å². The predicted octanol–water partition coefficient (Wildman–Crippen LogP) is 5.09. The van der Waals surface area contributed by atoms with Crippen LogP contribution in [0.3, 0.4) is 0 Å². The molecule has 33 heavy (non-hydrogen) atoms. The van der Waals surface area contributed by atoms with E-state index in [0.717, 1.165) is 16.5 Å². The fourth-order valence-electron chi connectivity index (χ4n) is 3.78. The van der Waals surface area contributed by atoms with E-state index < -0.39 is 0 Å². The van der Waals surface area contributed by atoms with Gasteiger partial charge in [0, 0.05) is 16.8 Å². The highest BCUT2D eigenvalue weighted by Gasteiger charge is 2.22. The fraction of sp³-hybridized carbons (Fsp3) is 0.185. The Morgan fingerprint density at radius 2 is 1.76 bits per heavy atom. The molecule has 1 amide bonds. The fourth-order valence-corrected chi connectivity index (χ4v) is 3.78. The average Bonchev–Trinajstić information content (AvgIpc) is 2.83. The maximum absolute atomic E-state index is 13.7. The second kappa shape index (κ2) is 9.61. The quantitative estimate of drug-likeness (QED) is 0.433. The van der Waals surface area contributed by atoms with Crippen molar-refractivity contribution in [2.24, 2.45) is 0 Å². The molecule has 0 aliphatic rings. The predicted molar refractivity (Wildman–Crippen MR) is 130 cm³/mol. The van der Waals surface area contributed by atoms with Crippen molar-refractivity contribution in [1.82, 2.24) is 4.98 Å². The largest absolute Gasteiger partial charge is 0.496 e. The third-order valence-electron chi connectivity index (χ3n) is 5.45. The Labute approximate surface area is 192 Å². The molecule has 0 aliphatic heterocycles. The highest BCUT2D eigenvalue weighted by Crippen LogP contribution is 2.27. The first-order chi connectivity index (χ1) is 16.0. The molecule has 4 aromatic rings. The first-order valence-electron chi connectivity index (χ1n) is 10.8. The summed E-state index contributed by atoms with van der Waals surface area (Å²) in [5.74, 6) is 0.922. The standard InChI is InChI=1S/C27H26N2O4/c1-4-33-22-13-11-21(12-14-22)29(27(31)23-7-5-6-8-25(23)32-3)17-20-16-19-10-9-18(2)15-24(19)28-26(20)30/h5-16H,4,17H2,1-3H3,(H,28,30). The van der Waals surface area contributed by atoms with Crippen LogP contribution in [-0.2, 0) is 6.54 Å². The molecule has 0 saturated carbocycles. The molecule has 0 saturated heterocycles. The minimum atomic E-state index is -0.264. The number of methoxy groups -OCH3 is 1. The molecule has 1 N–H and O–H groups in total. The third kappa shape index (κ3) is 4.75. The van der Waals surface area contributed by atoms with Gasteiger partial charge in [-0.3, -0.25) is 9.59 Å². The summed E-state index contributed by atoms with van der Waals surface area (Å²) in [5.41, 5.74) is 3.17. The smallest absolute Gasteiger partial charge is 0.262 e. The van der Waals surface area contributed by atoms with Crippen molar-refractivity contribution in [3.05, 3.63) is 99.8 Å². The minimum Gasteiger partial charge on any atom is -0.496 e. The minimum absolute atomic E-state index is 0.101. The van der Waals surface area contributed by atoms with Crippen LogP contribution in [0.25, 0.3) is 10.9 Å². The van der Waals surface area contributed by atoms with E-state index in [1.807, 2.05) is 68.4 Å². The van der Waals surface area contributed by atoms with E-state index in [1.54, 1.807) is 23.1 Å². The Bertz CT molecular complexity index is 1340. The van der Waals surface area contributed by atoms with Gasteiger partial charge in [-0.25, -0.2) is 0 Å². The van der Waals surface area contributed by atoms with Gasteiger partial charge in [0.25, 0.3) is 11.5 Å². The summed E-state index contributed by atoms with van der Waals surface area (Å²) < 4.78 is 10.9. The monoisotopic (exact) mass is 442 g/mol. The molecule has 3 aromatic carbocycles. The van der Waals surface area contributed by atoms with Gasteiger partial charge in [0.05, 0.1) is 25.8 Å². The van der Waals surface area contributed by atoms with E-state index in [2.05, 4.69) is 4.98 Å². The number of aromatic amines is 1. The van der Waals surface area contributed by atoms with Crippen LogP contribution >= 0.6 is 0 Å². The number of H-pyrrole nitrogens is 1. The van der Waals surface area contributed by atoms with E-state index in [4.69, 9.17) is 9.47 Å². The molecule has 6 nitrogen and oxygen atoms in total. The number of hydrogen-bond acceptors (Lipinski definition) is 4. The number of carbonyl (C=O) groups is 1. The molecule has 0 unspecified atom stereocenters. The molecular formula is C27H26N2O4. The van der Waals surface area contributed by atoms with E-state index in [-0.39, 0.29) is 18.0 Å². The molecule has 0 fully saturated rings. The van der Waals surface area contributed by atoms with Crippen molar-refractivity contribution < 1.29 is 14.3 Å². The van der Waals surface area contributed by atoms with Gasteiger partial charge in [0.15, 0.2) is 0 Å². The molecule has 0 spiro atoms. The van der Waals surface area contributed by atoms with Crippen LogP contribution in [0.5, 0.6) is 11.5 Å². The van der Waals surface area contributed by atoms with Crippen LogP contribution in [0.1, 0.15) is 28.4 Å². The van der Waals surface area contributed by atoms with E-state index in [9.17, 15) is 9.59 Å². The number of amides is 1. The summed E-state index contributed by atoms with van der Waals surface area (Å²) in [4.78, 5) is 31.1. The zero-order valence-corrected chi connectivity index (χ0v) is 18.9. The van der Waals surface area contributed by atoms with Crippen LogP contribution in [0.4, 0.5) is 5.69 Å². The number of para-hydroxylation sites is 1. The molecule has 0 atom stereocenters. The molecule has 0 aliphatic carbocycles. The number of ether oxygens (including phenoxy) is 2. The molecule has 0 bridgehead atoms. The van der Waals surface area contributed by atoms with Crippen molar-refractivity contribution in [3.63, 3.8) is 0 Å². The number of pyridine rings is 1. The molecular weight excluding hydrogens is 416 g/mol. The number of anilines is 1. The Morgan fingerprint density at radius 3 is 2.48 bits per heavy atom. The van der Waals surface area contributed by atoms with E-state index >= 15 is 0 Å². The number of carbonyl (C=O) groups excluding carboxylic acids is 1. The van der Waals surface area contributed by atoms with E-state index in [0.29, 0.717) is 34.9 Å². The summed E-state index contributed by atoms with van der Waals surface area (Å²) >= 11 is 0. The summed E-state index contributed by atoms with van der Waals surface area (Å²) in [6.07, 6.45) is 0. The van der Waals surface area contributed by atoms with Gasteiger partial charge in [-0.05, 0) is 73.3 Å². The number of fused-ring (bicyclic) bond motifs is 1. The van der Waals surface area contributed by atoms with Crippen molar-refractivity contribution in [3.8, 4) is 11.5 Å². The number of hydrogen-bond donors (Lipinski definition) is 1. The summed E-state index contributed by atoms with van der Waals surface area (Å²) in [6, 6.07) is 22.1. The number of aromatic nitrogens is 1. The number of nitrogens with one attached hydrogen (secondary N) is 1. The van der Waals surface area contributed by atoms with Crippen molar-refractivity contribution >= 4 is 22.5 Å². The SMILES string of the molecule is CCOc1ccc(N(Cc2cc3ccc(C)cc3[nH]c2=O)C(=O)c2ccccc2OC)cc1. The van der Waals surface area contributed by atoms with Gasteiger partial charge >= 0.3 is 0 Å². The highest BCUT2D eigenvalue weighted by atomic mass is 16.5. The third-order valence-corrected chi connectivity index (χ3v) is 5.45. The zero-order chi connectivity index (χ0) is 23.4. The van der Waals surface area contributed by atoms with Crippen molar-refractivity contribution in [1.29, 1.82) is 0 Å². The lowest BCUT2D eigenvalue weighted by Gasteiger charge is -2.24. The lowest BCUT2D eigenvalue weighted by atomic mass is 10.1. The van der Waals surface area contributed by atoms with Gasteiger partial charge in [0.2, 0.25) is 0 Å². The topological polar surface area (TPSA) is 71.6 Å². The van der Waals surface area contributed by atoms with Crippen LogP contribution in [-0.4, -0.2) is 24.6 Å². The Morgan fingerprint density at radius 1 is 1.00 bits per heavy atom. The van der Waals surface area contributed by atoms with E-state index in [1.165, 1.54) is 7.11 Å². The average molecular weight is 443 g/mol. The van der Waals surface area contributed by atoms with Gasteiger partial charge in [0.1, 0.15) is 11.5 Å². The second-order valence-electron chi connectivity index (χ2n) is 7.73. The zero-order valence-electron chi connectivity index (χ0n) is 18.9. The number of benzene rings is 3. The molecule has 6 heteroatoms. The Kier molecular flexibility index (Phi) is 6.45. The first kappa shape index (κ1) is 22.1. The lowest BCUT2D eigenvalue weighted by Crippen LogP contribution is -2.33. The summed E-state index contributed by atoms with van der Waals surface area (Å²) in [7, 11) is 1.53. The van der Waals surface area contributed by atoms with Crippen molar-refractivity contribution in [2.45, 2.75) is 20.4 Å². The molecule has 0 radical (unpaired) electrons. The van der Waals surface area contributed by atoms with Gasteiger partial charge in [-0.2, -0.15) is 0 Å². The van der Waals surface area contributed by atoms with Crippen molar-refractivity contribution in [2.75, 3.05) is 18.6 Å². The summed E-state index contributed by atoms with van der Waals surface area (Å²) in [5, 5.41) is 0.909. The van der Waals surface area contributed by atoms with Crippen LogP contribution in [0.15, 0.2) is 77.6 Å². The Hall–Kier alpha value is -4.06. The number of nitrogens with zero attached hydrogens (tertiary/aromatic N) is 1. The molecule has 1 heterocycles. The van der Waals surface area contributed by atoms with Crippen LogP contribution < -0.4 is 19.9 Å². The maximum Gasteiger partial charge on any atom is 0.262 e. The van der Waals surface area contributed by atoms with Crippen LogP contribution in [0.2, 0.25) is 0 Å². The first-order valence-corrected chi connectivity index (χ1v) is 10.8. The normalized spacial score (nSPS) is 10.8. The summed E-state index contributed by atoms with van der Waals surface area (Å²) in [6.45, 7) is 4.54. The number of aryl methyl sites for hydroxylation is 1.